The molecular formula is C25H23F3N2O3. The zero-order valence-electron chi connectivity index (χ0n) is 18.4. The topological polar surface area (TPSA) is 58.6 Å². The fourth-order valence-electron chi connectivity index (χ4n) is 3.28. The molecule has 3 rings (SSSR count). The van der Waals surface area contributed by atoms with Crippen molar-refractivity contribution >= 4 is 11.8 Å². The summed E-state index contributed by atoms with van der Waals surface area (Å²) < 4.78 is 48.5. The minimum absolute atomic E-state index is 0.00391. The van der Waals surface area contributed by atoms with E-state index in [1.807, 2.05) is 0 Å². The van der Waals surface area contributed by atoms with Crippen molar-refractivity contribution in [3.63, 3.8) is 0 Å². The number of hydrazine groups is 1. The van der Waals surface area contributed by atoms with Gasteiger partial charge in [-0.05, 0) is 44.0 Å². The van der Waals surface area contributed by atoms with E-state index in [9.17, 15) is 22.8 Å². The number of hydrogen-bond acceptors (Lipinski definition) is 3. The quantitative estimate of drug-likeness (QED) is 0.418. The second-order valence-electron chi connectivity index (χ2n) is 7.59. The molecule has 8 heteroatoms. The summed E-state index contributed by atoms with van der Waals surface area (Å²) >= 11 is 0. The first kappa shape index (κ1) is 23.8. The average Bonchev–Trinajstić information content (AvgIpc) is 2.83. The van der Waals surface area contributed by atoms with E-state index >= 15 is 0 Å². The third-order valence-electron chi connectivity index (χ3n) is 4.96. The molecule has 0 aliphatic carbocycles. The van der Waals surface area contributed by atoms with Crippen molar-refractivity contribution < 1.29 is 27.5 Å². The second kappa shape index (κ2) is 10.2. The molecule has 0 unspecified atom stereocenters. The van der Waals surface area contributed by atoms with Gasteiger partial charge in [0.25, 0.3) is 11.8 Å². The van der Waals surface area contributed by atoms with Crippen LogP contribution in [0.3, 0.4) is 0 Å². The van der Waals surface area contributed by atoms with Gasteiger partial charge in [-0.15, -0.1) is 0 Å². The molecule has 0 radical (unpaired) electrons. The van der Waals surface area contributed by atoms with Crippen LogP contribution in [0.1, 0.15) is 29.8 Å². The molecule has 0 aliphatic heterocycles. The molecule has 0 aliphatic rings. The number of carbonyl (C=O) groups excluding carboxylic acids is 2. The summed E-state index contributed by atoms with van der Waals surface area (Å²) in [4.78, 5) is 25.3. The summed E-state index contributed by atoms with van der Waals surface area (Å²) in [5, 5.41) is 1.04. The highest BCUT2D eigenvalue weighted by Gasteiger charge is 2.27. The van der Waals surface area contributed by atoms with Crippen LogP contribution in [0.2, 0.25) is 0 Å². The lowest BCUT2D eigenvalue weighted by Gasteiger charge is -2.27. The normalized spacial score (nSPS) is 10.8. The van der Waals surface area contributed by atoms with E-state index in [0.717, 1.165) is 5.01 Å². The lowest BCUT2D eigenvalue weighted by molar-refractivity contribution is -0.137. The van der Waals surface area contributed by atoms with Crippen LogP contribution in [-0.2, 0) is 4.79 Å². The van der Waals surface area contributed by atoms with Crippen LogP contribution in [-0.4, -0.2) is 29.5 Å². The van der Waals surface area contributed by atoms with Crippen molar-refractivity contribution in [1.82, 2.24) is 10.4 Å². The van der Waals surface area contributed by atoms with Gasteiger partial charge in [-0.1, -0.05) is 48.5 Å². The first-order valence-corrected chi connectivity index (χ1v) is 10.3. The highest BCUT2D eigenvalue weighted by molar-refractivity contribution is 5.95. The van der Waals surface area contributed by atoms with Crippen LogP contribution < -0.4 is 10.2 Å². The van der Waals surface area contributed by atoms with Crippen molar-refractivity contribution in [1.29, 1.82) is 0 Å². The van der Waals surface area contributed by atoms with Gasteiger partial charge in [0.05, 0.1) is 0 Å². The Morgan fingerprint density at radius 1 is 0.909 bits per heavy atom. The predicted molar refractivity (Wildman–Crippen MR) is 118 cm³/mol. The Morgan fingerprint density at radius 3 is 2.06 bits per heavy atom. The molecule has 0 bridgehead atoms. The molecule has 1 N–H and O–H groups in total. The van der Waals surface area contributed by atoms with E-state index in [-0.39, 0.29) is 11.1 Å². The zero-order valence-corrected chi connectivity index (χ0v) is 18.4. The number of hydrogen-bond donors (Lipinski definition) is 1. The van der Waals surface area contributed by atoms with E-state index in [1.54, 1.807) is 74.5 Å². The maximum atomic E-state index is 14.7. The number of rotatable bonds is 6. The fourth-order valence-corrected chi connectivity index (χ4v) is 3.28. The molecule has 172 valence electrons. The molecule has 0 saturated carbocycles. The SMILES string of the molecule is Cc1c(F)c(F)c(F)c(OCC(=O)N(NC(=O)c2ccccc2)C(C)C)c1-c1ccccc1. The highest BCUT2D eigenvalue weighted by atomic mass is 19.2. The van der Waals surface area contributed by atoms with Crippen molar-refractivity contribution in [2.24, 2.45) is 0 Å². The highest BCUT2D eigenvalue weighted by Crippen LogP contribution is 2.38. The van der Waals surface area contributed by atoms with Gasteiger partial charge in [0, 0.05) is 17.2 Å². The number of carbonyl (C=O) groups is 2. The number of ether oxygens (including phenoxy) is 1. The monoisotopic (exact) mass is 456 g/mol. The van der Waals surface area contributed by atoms with E-state index in [4.69, 9.17) is 4.74 Å². The summed E-state index contributed by atoms with van der Waals surface area (Å²) in [6.45, 7) is 3.92. The summed E-state index contributed by atoms with van der Waals surface area (Å²) in [5.41, 5.74) is 3.09. The number of halogens is 3. The summed E-state index contributed by atoms with van der Waals surface area (Å²) in [6.07, 6.45) is 0. The van der Waals surface area contributed by atoms with Crippen LogP contribution in [0, 0.1) is 24.4 Å². The molecule has 0 heterocycles. The standard InChI is InChI=1S/C25H23F3N2O3/c1-15(2)30(29-25(32)18-12-8-5-9-13-18)19(31)14-33-24-20(17-10-6-4-7-11-17)16(3)21(26)22(27)23(24)28/h4-13,15H,14H2,1-3H3,(H,29,32). The maximum Gasteiger partial charge on any atom is 0.279 e. The van der Waals surface area contributed by atoms with Crippen molar-refractivity contribution in [2.45, 2.75) is 26.8 Å². The smallest absolute Gasteiger partial charge is 0.279 e. The van der Waals surface area contributed by atoms with Gasteiger partial charge in [-0.3, -0.25) is 15.0 Å². The van der Waals surface area contributed by atoms with Crippen LogP contribution >= 0.6 is 0 Å². The molecule has 0 spiro atoms. The van der Waals surface area contributed by atoms with E-state index < -0.39 is 47.7 Å². The van der Waals surface area contributed by atoms with E-state index in [0.29, 0.717) is 11.1 Å². The summed E-state index contributed by atoms with van der Waals surface area (Å²) in [5.74, 6) is -6.34. The molecule has 0 fully saturated rings. The van der Waals surface area contributed by atoms with Gasteiger partial charge < -0.3 is 4.74 Å². The van der Waals surface area contributed by atoms with Crippen LogP contribution in [0.4, 0.5) is 13.2 Å². The molecule has 3 aromatic carbocycles. The average molecular weight is 456 g/mol. The molecule has 3 aromatic rings. The fraction of sp³-hybridized carbons (Fsp3) is 0.200. The number of nitrogens with one attached hydrogen (secondary N) is 1. The van der Waals surface area contributed by atoms with Crippen LogP contribution in [0.5, 0.6) is 5.75 Å². The van der Waals surface area contributed by atoms with Crippen LogP contribution in [0.25, 0.3) is 11.1 Å². The van der Waals surface area contributed by atoms with Crippen molar-refractivity contribution in [3.8, 4) is 16.9 Å². The molecule has 2 amide bonds. The minimum atomic E-state index is -1.69. The Labute approximate surface area is 189 Å². The largest absolute Gasteiger partial charge is 0.480 e. The van der Waals surface area contributed by atoms with Gasteiger partial charge in [-0.2, -0.15) is 4.39 Å². The van der Waals surface area contributed by atoms with E-state index in [1.165, 1.54) is 6.92 Å². The molecule has 5 nitrogen and oxygen atoms in total. The Morgan fingerprint density at radius 2 is 1.48 bits per heavy atom. The lowest BCUT2D eigenvalue weighted by Crippen LogP contribution is -2.51. The van der Waals surface area contributed by atoms with Gasteiger partial charge in [0.15, 0.2) is 24.0 Å². The summed E-state index contributed by atoms with van der Waals surface area (Å²) in [7, 11) is 0. The number of amides is 2. The molecule has 0 saturated heterocycles. The molecule has 0 aromatic heterocycles. The molecule has 33 heavy (non-hydrogen) atoms. The van der Waals surface area contributed by atoms with Gasteiger partial charge in [0.2, 0.25) is 5.82 Å². The first-order chi connectivity index (χ1) is 15.7. The number of benzene rings is 3. The van der Waals surface area contributed by atoms with E-state index in [2.05, 4.69) is 5.43 Å². The van der Waals surface area contributed by atoms with Gasteiger partial charge >= 0.3 is 0 Å². The third-order valence-corrected chi connectivity index (χ3v) is 4.96. The second-order valence-corrected chi connectivity index (χ2v) is 7.59. The first-order valence-electron chi connectivity index (χ1n) is 10.3. The maximum absolute atomic E-state index is 14.7. The van der Waals surface area contributed by atoms with Crippen molar-refractivity contribution in [3.05, 3.63) is 89.2 Å². The van der Waals surface area contributed by atoms with Crippen molar-refractivity contribution in [2.75, 3.05) is 6.61 Å². The Kier molecular flexibility index (Phi) is 7.37. The Hall–Kier alpha value is -3.81. The summed E-state index contributed by atoms with van der Waals surface area (Å²) in [6, 6.07) is 16.0. The Bertz CT molecular complexity index is 1150. The predicted octanol–water partition coefficient (Wildman–Crippen LogP) is 5.04. The van der Waals surface area contributed by atoms with Gasteiger partial charge in [-0.25, -0.2) is 13.8 Å². The van der Waals surface area contributed by atoms with Crippen LogP contribution in [0.15, 0.2) is 60.7 Å². The molecular weight excluding hydrogens is 433 g/mol. The zero-order chi connectivity index (χ0) is 24.1. The minimum Gasteiger partial charge on any atom is -0.480 e. The van der Waals surface area contributed by atoms with Gasteiger partial charge in [0.1, 0.15) is 0 Å². The third kappa shape index (κ3) is 5.16. The Balaban J connectivity index is 1.87. The molecule has 0 atom stereocenters. The lowest BCUT2D eigenvalue weighted by atomic mass is 9.98. The number of nitrogens with zero attached hydrogens (tertiary/aromatic N) is 1.